The first kappa shape index (κ1) is 16.7. The van der Waals surface area contributed by atoms with E-state index in [1.54, 1.807) is 35.0 Å². The van der Waals surface area contributed by atoms with Gasteiger partial charge in [0.1, 0.15) is 12.4 Å². The molecule has 4 rings (SSSR count). The van der Waals surface area contributed by atoms with Gasteiger partial charge in [-0.05, 0) is 17.7 Å². The number of hydrogen-bond donors (Lipinski definition) is 1. The van der Waals surface area contributed by atoms with E-state index in [2.05, 4.69) is 10.4 Å². The third kappa shape index (κ3) is 2.96. The Hall–Kier alpha value is -2.74. The zero-order valence-electron chi connectivity index (χ0n) is 14.3. The van der Waals surface area contributed by atoms with E-state index >= 15 is 0 Å². The minimum atomic E-state index is -0.333. The number of benzene rings is 1. The largest absolute Gasteiger partial charge is 0.365 e. The van der Waals surface area contributed by atoms with E-state index in [1.165, 1.54) is 18.3 Å². The normalized spacial score (nSPS) is 25.5. The molecule has 0 spiro atoms. The van der Waals surface area contributed by atoms with E-state index in [0.29, 0.717) is 18.7 Å². The summed E-state index contributed by atoms with van der Waals surface area (Å²) in [4.78, 5) is 26.5. The van der Waals surface area contributed by atoms with Gasteiger partial charge in [-0.25, -0.2) is 4.39 Å². The lowest BCUT2D eigenvalue weighted by Gasteiger charge is -2.25. The number of amides is 2. The van der Waals surface area contributed by atoms with Crippen LogP contribution in [-0.2, 0) is 16.6 Å². The molecule has 8 heteroatoms. The first-order chi connectivity index (χ1) is 12.5. The fourth-order valence-electron chi connectivity index (χ4n) is 3.73. The molecule has 1 aromatic heterocycles. The molecule has 2 fully saturated rings. The second-order valence-corrected chi connectivity index (χ2v) is 6.67. The average molecular weight is 358 g/mol. The summed E-state index contributed by atoms with van der Waals surface area (Å²) in [5.74, 6) is -0.803. The van der Waals surface area contributed by atoms with Crippen molar-refractivity contribution in [3.63, 3.8) is 0 Å². The van der Waals surface area contributed by atoms with E-state index < -0.39 is 0 Å². The van der Waals surface area contributed by atoms with Crippen LogP contribution in [0.2, 0.25) is 0 Å². The Morgan fingerprint density at radius 2 is 2.12 bits per heavy atom. The van der Waals surface area contributed by atoms with Crippen LogP contribution in [0.15, 0.2) is 36.7 Å². The quantitative estimate of drug-likeness (QED) is 0.857. The summed E-state index contributed by atoms with van der Waals surface area (Å²) in [6.07, 6.45) is 2.86. The zero-order chi connectivity index (χ0) is 18.3. The molecule has 0 radical (unpaired) electrons. The number of fused-ring (bicyclic) bond motifs is 1. The number of aromatic nitrogens is 2. The third-order valence-electron chi connectivity index (χ3n) is 5.00. The summed E-state index contributed by atoms with van der Waals surface area (Å²) < 4.78 is 20.7. The second-order valence-electron chi connectivity index (χ2n) is 6.67. The fraction of sp³-hybridized carbons (Fsp3) is 0.389. The van der Waals surface area contributed by atoms with Crippen LogP contribution in [0.4, 0.5) is 4.39 Å². The van der Waals surface area contributed by atoms with Crippen molar-refractivity contribution in [2.45, 2.75) is 18.1 Å². The smallest absolute Gasteiger partial charge is 0.257 e. The van der Waals surface area contributed by atoms with E-state index in [0.717, 1.165) is 5.56 Å². The Labute approximate surface area is 149 Å². The van der Waals surface area contributed by atoms with Crippen LogP contribution in [0, 0.1) is 5.82 Å². The van der Waals surface area contributed by atoms with Gasteiger partial charge >= 0.3 is 0 Å². The van der Waals surface area contributed by atoms with E-state index in [1.807, 2.05) is 0 Å². The van der Waals surface area contributed by atoms with Crippen LogP contribution >= 0.6 is 0 Å². The highest BCUT2D eigenvalue weighted by Gasteiger charge is 2.47. The summed E-state index contributed by atoms with van der Waals surface area (Å²) in [6.45, 7) is 0.714. The van der Waals surface area contributed by atoms with Crippen molar-refractivity contribution < 1.29 is 18.7 Å². The van der Waals surface area contributed by atoms with Gasteiger partial charge in [-0.1, -0.05) is 12.1 Å². The van der Waals surface area contributed by atoms with Crippen LogP contribution < -0.4 is 5.32 Å². The van der Waals surface area contributed by atoms with E-state index in [4.69, 9.17) is 4.74 Å². The zero-order valence-corrected chi connectivity index (χ0v) is 14.3. The van der Waals surface area contributed by atoms with Crippen molar-refractivity contribution in [2.75, 3.05) is 19.7 Å². The number of aryl methyl sites for hydroxylation is 1. The summed E-state index contributed by atoms with van der Waals surface area (Å²) in [7, 11) is 1.75. The standard InChI is InChI=1S/C18H19FN4O3/c1-22-8-12(6-21-22)18(25)23-9-14(11-2-4-13(19)5-3-11)17-15(23)7-20-16(24)10-26-17/h2-6,8,14-15,17H,7,9-10H2,1H3,(H,20,24)/t14-,15-,17-/m1/s1. The maximum Gasteiger partial charge on any atom is 0.257 e. The molecule has 7 nitrogen and oxygen atoms in total. The number of likely N-dealkylation sites (tertiary alicyclic amines) is 1. The van der Waals surface area contributed by atoms with Crippen LogP contribution in [0.25, 0.3) is 0 Å². The van der Waals surface area contributed by atoms with Crippen molar-refractivity contribution >= 4 is 11.8 Å². The fourth-order valence-corrected chi connectivity index (χ4v) is 3.73. The number of rotatable bonds is 2. The molecule has 2 aliphatic rings. The van der Waals surface area contributed by atoms with Gasteiger partial charge in [0, 0.05) is 32.3 Å². The SMILES string of the molecule is Cn1cc(C(=O)N2C[C@H](c3ccc(F)cc3)[C@H]3OCC(=O)NC[C@H]32)cn1. The van der Waals surface area contributed by atoms with Gasteiger partial charge in [0.05, 0.1) is 23.9 Å². The van der Waals surface area contributed by atoms with Crippen LogP contribution in [0.5, 0.6) is 0 Å². The van der Waals surface area contributed by atoms with Gasteiger partial charge < -0.3 is 15.0 Å². The highest BCUT2D eigenvalue weighted by molar-refractivity contribution is 5.94. The van der Waals surface area contributed by atoms with Crippen LogP contribution in [-0.4, -0.2) is 58.3 Å². The van der Waals surface area contributed by atoms with Crippen molar-refractivity contribution in [3.05, 3.63) is 53.6 Å². The molecule has 2 amide bonds. The Bertz CT molecular complexity index is 835. The molecule has 2 saturated heterocycles. The predicted octanol–water partition coefficient (Wildman–Crippen LogP) is 0.682. The van der Waals surface area contributed by atoms with E-state index in [9.17, 15) is 14.0 Å². The third-order valence-corrected chi connectivity index (χ3v) is 5.00. The molecule has 0 aliphatic carbocycles. The first-order valence-corrected chi connectivity index (χ1v) is 8.46. The number of ether oxygens (including phenoxy) is 1. The average Bonchev–Trinajstić information content (AvgIpc) is 3.16. The van der Waals surface area contributed by atoms with Gasteiger partial charge in [-0.2, -0.15) is 5.10 Å². The molecule has 0 bridgehead atoms. The summed E-state index contributed by atoms with van der Waals surface area (Å²) >= 11 is 0. The molecular weight excluding hydrogens is 339 g/mol. The molecule has 3 atom stereocenters. The van der Waals surface area contributed by atoms with Crippen molar-refractivity contribution in [2.24, 2.45) is 7.05 Å². The maximum absolute atomic E-state index is 13.3. The predicted molar refractivity (Wildman–Crippen MR) is 89.9 cm³/mol. The number of nitrogens with zero attached hydrogens (tertiary/aromatic N) is 3. The molecule has 2 aromatic rings. The Morgan fingerprint density at radius 3 is 2.81 bits per heavy atom. The van der Waals surface area contributed by atoms with Gasteiger partial charge in [0.15, 0.2) is 0 Å². The van der Waals surface area contributed by atoms with Crippen molar-refractivity contribution in [1.82, 2.24) is 20.0 Å². The van der Waals surface area contributed by atoms with Gasteiger partial charge in [0.2, 0.25) is 5.91 Å². The molecule has 2 aliphatic heterocycles. The van der Waals surface area contributed by atoms with Crippen LogP contribution in [0.3, 0.4) is 0 Å². The van der Waals surface area contributed by atoms with E-state index in [-0.39, 0.29) is 42.3 Å². The molecule has 1 N–H and O–H groups in total. The Morgan fingerprint density at radius 1 is 1.35 bits per heavy atom. The lowest BCUT2D eigenvalue weighted by molar-refractivity contribution is -0.125. The summed E-state index contributed by atoms with van der Waals surface area (Å²) in [5.41, 5.74) is 1.37. The van der Waals surface area contributed by atoms with Gasteiger partial charge in [-0.15, -0.1) is 0 Å². The summed E-state index contributed by atoms with van der Waals surface area (Å²) in [6, 6.07) is 5.92. The molecule has 1 aromatic carbocycles. The number of nitrogens with one attached hydrogen (secondary N) is 1. The molecule has 26 heavy (non-hydrogen) atoms. The number of carbonyl (C=O) groups excluding carboxylic acids is 2. The number of hydrogen-bond acceptors (Lipinski definition) is 4. The maximum atomic E-state index is 13.3. The minimum absolute atomic E-state index is 0.0478. The lowest BCUT2D eigenvalue weighted by Crippen LogP contribution is -2.45. The first-order valence-electron chi connectivity index (χ1n) is 8.46. The molecule has 0 saturated carbocycles. The Kier molecular flexibility index (Phi) is 4.20. The molecular formula is C18H19FN4O3. The minimum Gasteiger partial charge on any atom is -0.365 e. The topological polar surface area (TPSA) is 76.5 Å². The van der Waals surface area contributed by atoms with Crippen molar-refractivity contribution in [3.8, 4) is 0 Å². The highest BCUT2D eigenvalue weighted by Crippen LogP contribution is 2.36. The summed E-state index contributed by atoms with van der Waals surface area (Å²) in [5, 5.41) is 6.86. The molecule has 0 unspecified atom stereocenters. The van der Waals surface area contributed by atoms with Gasteiger partial charge in [-0.3, -0.25) is 14.3 Å². The highest BCUT2D eigenvalue weighted by atomic mass is 19.1. The molecule has 136 valence electrons. The number of halogens is 1. The van der Waals surface area contributed by atoms with Crippen LogP contribution in [0.1, 0.15) is 21.8 Å². The second kappa shape index (κ2) is 6.53. The Balaban J connectivity index is 1.67. The van der Waals surface area contributed by atoms with Gasteiger partial charge in [0.25, 0.3) is 5.91 Å². The number of carbonyl (C=O) groups is 2. The molecule has 3 heterocycles. The monoisotopic (exact) mass is 358 g/mol. The lowest BCUT2D eigenvalue weighted by atomic mass is 9.93. The van der Waals surface area contributed by atoms with Crippen molar-refractivity contribution in [1.29, 1.82) is 0 Å².